The van der Waals surface area contributed by atoms with E-state index in [0.29, 0.717) is 17.3 Å². The Morgan fingerprint density at radius 2 is 1.75 bits per heavy atom. The van der Waals surface area contributed by atoms with Gasteiger partial charge in [-0.15, -0.1) is 0 Å². The van der Waals surface area contributed by atoms with Gasteiger partial charge in [0.05, 0.1) is 22.2 Å². The molecule has 7 heteroatoms. The molecular formula is C29H24N2O5. The van der Waals surface area contributed by atoms with Crippen LogP contribution in [-0.2, 0) is 0 Å². The molecule has 4 aromatic rings. The van der Waals surface area contributed by atoms with Crippen LogP contribution in [0.3, 0.4) is 0 Å². The molecule has 1 unspecified atom stereocenters. The van der Waals surface area contributed by atoms with Crippen LogP contribution in [-0.4, -0.2) is 32.1 Å². The van der Waals surface area contributed by atoms with Crippen LogP contribution < -0.4 is 4.74 Å². The van der Waals surface area contributed by atoms with Gasteiger partial charge in [-0.2, -0.15) is 4.98 Å². The van der Waals surface area contributed by atoms with Crippen molar-refractivity contribution in [3.63, 3.8) is 0 Å². The van der Waals surface area contributed by atoms with E-state index in [1.54, 1.807) is 31.2 Å². The molecule has 0 saturated heterocycles. The van der Waals surface area contributed by atoms with E-state index >= 15 is 0 Å². The first kappa shape index (κ1) is 23.1. The molecule has 1 heterocycles. The summed E-state index contributed by atoms with van der Waals surface area (Å²) in [5.41, 5.74) is 7.07. The predicted molar refractivity (Wildman–Crippen MR) is 137 cm³/mol. The van der Waals surface area contributed by atoms with Crippen molar-refractivity contribution in [1.82, 2.24) is 9.97 Å². The molecule has 0 fully saturated rings. The van der Waals surface area contributed by atoms with Gasteiger partial charge in [0, 0.05) is 5.92 Å². The highest BCUT2D eigenvalue weighted by atomic mass is 16.5. The second kappa shape index (κ2) is 9.19. The average molecular weight is 481 g/mol. The maximum Gasteiger partial charge on any atom is 0.336 e. The van der Waals surface area contributed by atoms with Crippen LogP contribution in [0.25, 0.3) is 16.6 Å². The standard InChI is InChI=1S/C29H24N2O5/c1-16-3-12-22(14-24(16)28(34)35)36-29-30-25-13-17(2)23(15-26(25)31-29)20-8-4-18(5-9-20)19-6-10-21(11-7-19)27(32)33/h3-8,10-15,20H,9H2,1-2H3,(H,30,31)(H,32,33)(H,34,35). The van der Waals surface area contributed by atoms with Gasteiger partial charge in [-0.3, -0.25) is 0 Å². The summed E-state index contributed by atoms with van der Waals surface area (Å²) >= 11 is 0. The van der Waals surface area contributed by atoms with Gasteiger partial charge in [-0.25, -0.2) is 9.59 Å². The molecule has 36 heavy (non-hydrogen) atoms. The van der Waals surface area contributed by atoms with Crippen molar-refractivity contribution in [3.8, 4) is 11.8 Å². The summed E-state index contributed by atoms with van der Waals surface area (Å²) in [4.78, 5) is 30.3. The molecule has 0 aliphatic heterocycles. The number of fused-ring (bicyclic) bond motifs is 1. The number of aromatic carboxylic acids is 2. The monoisotopic (exact) mass is 480 g/mol. The normalized spacial score (nSPS) is 15.1. The number of benzene rings is 3. The lowest BCUT2D eigenvalue weighted by Gasteiger charge is -2.19. The molecule has 7 nitrogen and oxygen atoms in total. The molecule has 3 aromatic carbocycles. The van der Waals surface area contributed by atoms with Crippen molar-refractivity contribution in [2.24, 2.45) is 0 Å². The number of nitrogens with zero attached hydrogens (tertiary/aromatic N) is 1. The number of H-pyrrole nitrogens is 1. The molecule has 1 aliphatic carbocycles. The van der Waals surface area contributed by atoms with Crippen LogP contribution in [0.2, 0.25) is 0 Å². The van der Waals surface area contributed by atoms with E-state index in [-0.39, 0.29) is 17.0 Å². The first-order chi connectivity index (χ1) is 17.3. The Morgan fingerprint density at radius 3 is 2.42 bits per heavy atom. The van der Waals surface area contributed by atoms with Crippen molar-refractivity contribution in [2.45, 2.75) is 26.2 Å². The summed E-state index contributed by atoms with van der Waals surface area (Å²) in [5, 5.41) is 18.5. The minimum Gasteiger partial charge on any atom is -0.478 e. The number of rotatable bonds is 6. The summed E-state index contributed by atoms with van der Waals surface area (Å²) in [6.07, 6.45) is 7.22. The second-order valence-electron chi connectivity index (χ2n) is 8.90. The first-order valence-electron chi connectivity index (χ1n) is 11.5. The lowest BCUT2D eigenvalue weighted by Crippen LogP contribution is -2.01. The zero-order valence-corrected chi connectivity index (χ0v) is 19.8. The quantitative estimate of drug-likeness (QED) is 0.291. The Bertz CT molecular complexity index is 1560. The molecule has 0 radical (unpaired) electrons. The van der Waals surface area contributed by atoms with Crippen LogP contribution >= 0.6 is 0 Å². The third kappa shape index (κ3) is 4.51. The smallest absolute Gasteiger partial charge is 0.336 e. The minimum atomic E-state index is -1.00. The fraction of sp³-hybridized carbons (Fsp3) is 0.138. The molecular weight excluding hydrogens is 456 g/mol. The lowest BCUT2D eigenvalue weighted by molar-refractivity contribution is 0.0685. The summed E-state index contributed by atoms with van der Waals surface area (Å²) in [6, 6.07) is 16.2. The van der Waals surface area contributed by atoms with Crippen LogP contribution in [0.5, 0.6) is 11.8 Å². The van der Waals surface area contributed by atoms with E-state index in [2.05, 4.69) is 41.2 Å². The Labute approximate surface area is 207 Å². The summed E-state index contributed by atoms with van der Waals surface area (Å²) in [7, 11) is 0. The molecule has 0 bridgehead atoms. The van der Waals surface area contributed by atoms with E-state index in [4.69, 9.17) is 9.84 Å². The Hall–Kier alpha value is -4.65. The molecule has 3 N–H and O–H groups in total. The zero-order valence-electron chi connectivity index (χ0n) is 19.8. The highest BCUT2D eigenvalue weighted by Gasteiger charge is 2.17. The number of aromatic amines is 1. The molecule has 0 spiro atoms. The Morgan fingerprint density at radius 1 is 0.972 bits per heavy atom. The maximum atomic E-state index is 11.4. The van der Waals surface area contributed by atoms with Crippen LogP contribution in [0.1, 0.15) is 55.3 Å². The topological polar surface area (TPSA) is 113 Å². The van der Waals surface area contributed by atoms with Crippen LogP contribution in [0, 0.1) is 13.8 Å². The van der Waals surface area contributed by atoms with Gasteiger partial charge in [0.1, 0.15) is 5.75 Å². The molecule has 1 atom stereocenters. The first-order valence-corrected chi connectivity index (χ1v) is 11.5. The SMILES string of the molecule is Cc1ccc(Oc2nc3cc(C4C=CC(c5ccc(C(=O)O)cc5)=CC4)c(C)cc3[nH]2)cc1C(=O)O. The predicted octanol–water partition coefficient (Wildman–Crippen LogP) is 6.50. The number of nitrogens with one attached hydrogen (secondary N) is 1. The Balaban J connectivity index is 1.36. The van der Waals surface area contributed by atoms with E-state index in [1.165, 1.54) is 6.07 Å². The number of hydrogen-bond donors (Lipinski definition) is 3. The Kier molecular flexibility index (Phi) is 5.90. The summed E-state index contributed by atoms with van der Waals surface area (Å²) in [5.74, 6) is -1.35. The van der Waals surface area contributed by atoms with Crippen molar-refractivity contribution in [2.75, 3.05) is 0 Å². The van der Waals surface area contributed by atoms with Gasteiger partial charge in [0.15, 0.2) is 0 Å². The maximum absolute atomic E-state index is 11.4. The van der Waals surface area contributed by atoms with Crippen molar-refractivity contribution >= 4 is 28.5 Å². The van der Waals surface area contributed by atoms with Crippen molar-refractivity contribution in [1.29, 1.82) is 0 Å². The van der Waals surface area contributed by atoms with E-state index in [9.17, 15) is 14.7 Å². The largest absolute Gasteiger partial charge is 0.478 e. The fourth-order valence-electron chi connectivity index (χ4n) is 4.48. The van der Waals surface area contributed by atoms with Crippen LogP contribution in [0.4, 0.5) is 0 Å². The zero-order chi connectivity index (χ0) is 25.4. The third-order valence-electron chi connectivity index (χ3n) is 6.47. The van der Waals surface area contributed by atoms with Crippen molar-refractivity contribution < 1.29 is 24.5 Å². The molecule has 180 valence electrons. The minimum absolute atomic E-state index is 0.188. The number of ether oxygens (including phenoxy) is 1. The highest BCUT2D eigenvalue weighted by molar-refractivity contribution is 5.90. The van der Waals surface area contributed by atoms with Gasteiger partial charge in [-0.1, -0.05) is 36.4 Å². The number of aryl methyl sites for hydroxylation is 2. The fourth-order valence-corrected chi connectivity index (χ4v) is 4.48. The number of hydrogen-bond acceptors (Lipinski definition) is 4. The molecule has 0 saturated carbocycles. The number of imidazole rings is 1. The van der Waals surface area contributed by atoms with E-state index < -0.39 is 11.9 Å². The van der Waals surface area contributed by atoms with Gasteiger partial charge < -0.3 is 19.9 Å². The number of aromatic nitrogens is 2. The molecule has 0 amide bonds. The molecule has 1 aromatic heterocycles. The summed E-state index contributed by atoms with van der Waals surface area (Å²) < 4.78 is 5.83. The van der Waals surface area contributed by atoms with Crippen molar-refractivity contribution in [3.05, 3.63) is 106 Å². The summed E-state index contributed by atoms with van der Waals surface area (Å²) in [6.45, 7) is 3.80. The van der Waals surface area contributed by atoms with Gasteiger partial charge in [0.25, 0.3) is 6.01 Å². The number of carboxylic acids is 2. The average Bonchev–Trinajstić information content (AvgIpc) is 3.25. The third-order valence-corrected chi connectivity index (χ3v) is 6.47. The van der Waals surface area contributed by atoms with E-state index in [0.717, 1.165) is 39.7 Å². The lowest BCUT2D eigenvalue weighted by atomic mass is 9.86. The van der Waals surface area contributed by atoms with E-state index in [1.807, 2.05) is 18.2 Å². The highest BCUT2D eigenvalue weighted by Crippen LogP contribution is 2.34. The van der Waals surface area contributed by atoms with Crippen LogP contribution in [0.15, 0.2) is 72.8 Å². The van der Waals surface area contributed by atoms with Gasteiger partial charge >= 0.3 is 11.9 Å². The molecule has 1 aliphatic rings. The van der Waals surface area contributed by atoms with Gasteiger partial charge in [0.2, 0.25) is 0 Å². The number of allylic oxidation sites excluding steroid dienone is 4. The number of carbonyl (C=O) groups is 2. The van der Waals surface area contributed by atoms with Gasteiger partial charge in [-0.05, 0) is 84.5 Å². The second-order valence-corrected chi connectivity index (χ2v) is 8.90. The number of carboxylic acid groups (broad SMARTS) is 2. The molecule has 5 rings (SSSR count).